The van der Waals surface area contributed by atoms with Crippen molar-refractivity contribution in [2.75, 3.05) is 0 Å². The summed E-state index contributed by atoms with van der Waals surface area (Å²) < 4.78 is 1.75. The first-order valence-corrected chi connectivity index (χ1v) is 5.54. The molecular formula is C7H5I2NO. The molecule has 0 radical (unpaired) electrons. The van der Waals surface area contributed by atoms with E-state index >= 15 is 0 Å². The molecule has 0 amide bonds. The fourth-order valence-electron chi connectivity index (χ4n) is 0.721. The Balaban J connectivity index is 3.24. The lowest BCUT2D eigenvalue weighted by molar-refractivity contribution is 0.112. The van der Waals surface area contributed by atoms with Gasteiger partial charge in [0.2, 0.25) is 0 Å². The van der Waals surface area contributed by atoms with Crippen LogP contribution in [0.4, 0.5) is 0 Å². The molecular weight excluding hydrogens is 368 g/mol. The van der Waals surface area contributed by atoms with Crippen molar-refractivity contribution in [1.82, 2.24) is 4.98 Å². The third-order valence-corrected chi connectivity index (χ3v) is 2.93. The van der Waals surface area contributed by atoms with Crippen molar-refractivity contribution in [2.24, 2.45) is 0 Å². The third kappa shape index (κ3) is 2.11. The zero-order valence-corrected chi connectivity index (χ0v) is 9.87. The summed E-state index contributed by atoms with van der Waals surface area (Å²) in [5, 5.41) is 0. The smallest absolute Gasteiger partial charge is 0.152 e. The van der Waals surface area contributed by atoms with Crippen LogP contribution in [-0.4, -0.2) is 11.3 Å². The molecule has 0 saturated heterocycles. The molecule has 0 unspecified atom stereocenters. The monoisotopic (exact) mass is 373 g/mol. The second-order valence-corrected chi connectivity index (χ2v) is 3.83. The third-order valence-electron chi connectivity index (χ3n) is 1.26. The summed E-state index contributed by atoms with van der Waals surface area (Å²) in [7, 11) is 0. The molecule has 4 heteroatoms. The highest BCUT2D eigenvalue weighted by Crippen LogP contribution is 2.14. The molecule has 1 heterocycles. The van der Waals surface area contributed by atoms with E-state index < -0.39 is 0 Å². The van der Waals surface area contributed by atoms with Crippen LogP contribution in [-0.2, 0) is 4.43 Å². The number of halogens is 2. The van der Waals surface area contributed by atoms with Gasteiger partial charge in [0.1, 0.15) is 0 Å². The van der Waals surface area contributed by atoms with Crippen molar-refractivity contribution in [3.63, 3.8) is 0 Å². The summed E-state index contributed by atoms with van der Waals surface area (Å²) in [6.45, 7) is 0. The quantitative estimate of drug-likeness (QED) is 0.453. The average Bonchev–Trinajstić information content (AvgIpc) is 2.04. The van der Waals surface area contributed by atoms with E-state index in [0.29, 0.717) is 0 Å². The molecule has 0 aliphatic heterocycles. The van der Waals surface area contributed by atoms with Gasteiger partial charge in [-0.3, -0.25) is 9.78 Å². The highest BCUT2D eigenvalue weighted by Gasteiger charge is 2.04. The number of rotatable bonds is 2. The van der Waals surface area contributed by atoms with Crippen LogP contribution < -0.4 is 0 Å². The van der Waals surface area contributed by atoms with Crippen molar-refractivity contribution in [2.45, 2.75) is 4.43 Å². The molecule has 0 fully saturated rings. The molecule has 0 aliphatic rings. The minimum atomic E-state index is 0.725. The Morgan fingerprint density at radius 1 is 1.64 bits per heavy atom. The minimum Gasteiger partial charge on any atom is -0.298 e. The zero-order valence-electron chi connectivity index (χ0n) is 5.55. The van der Waals surface area contributed by atoms with Crippen LogP contribution in [0.25, 0.3) is 0 Å². The van der Waals surface area contributed by atoms with Crippen molar-refractivity contribution in [3.8, 4) is 0 Å². The average molecular weight is 373 g/mol. The van der Waals surface area contributed by atoms with Crippen LogP contribution in [0.1, 0.15) is 16.1 Å². The summed E-state index contributed by atoms with van der Waals surface area (Å²) in [5.74, 6) is 0. The normalized spacial score (nSPS) is 9.64. The zero-order chi connectivity index (χ0) is 8.27. The molecule has 1 rings (SSSR count). The highest BCUT2D eigenvalue weighted by molar-refractivity contribution is 14.1. The van der Waals surface area contributed by atoms with Gasteiger partial charge in [0.05, 0.1) is 5.69 Å². The van der Waals surface area contributed by atoms with E-state index in [9.17, 15) is 4.79 Å². The second-order valence-electron chi connectivity index (χ2n) is 1.90. The van der Waals surface area contributed by atoms with Gasteiger partial charge in [-0.05, 0) is 28.7 Å². The van der Waals surface area contributed by atoms with Gasteiger partial charge < -0.3 is 0 Å². The van der Waals surface area contributed by atoms with Crippen molar-refractivity contribution < 1.29 is 4.79 Å². The van der Waals surface area contributed by atoms with E-state index in [-0.39, 0.29) is 0 Å². The first-order chi connectivity index (χ1) is 5.29. The van der Waals surface area contributed by atoms with Crippen molar-refractivity contribution >= 4 is 51.5 Å². The molecule has 0 atom stereocenters. The van der Waals surface area contributed by atoms with Crippen molar-refractivity contribution in [3.05, 3.63) is 27.1 Å². The first-order valence-electron chi connectivity index (χ1n) is 2.94. The fourth-order valence-corrected chi connectivity index (χ4v) is 1.93. The van der Waals surface area contributed by atoms with E-state index in [4.69, 9.17) is 0 Å². The van der Waals surface area contributed by atoms with Gasteiger partial charge in [-0.2, -0.15) is 0 Å². The molecule has 0 aromatic carbocycles. The highest BCUT2D eigenvalue weighted by atomic mass is 127. The van der Waals surface area contributed by atoms with Crippen LogP contribution in [0.2, 0.25) is 0 Å². The lowest BCUT2D eigenvalue weighted by Crippen LogP contribution is -1.95. The maximum Gasteiger partial charge on any atom is 0.152 e. The Labute approximate surface area is 92.1 Å². The van der Waals surface area contributed by atoms with Gasteiger partial charge in [-0.25, -0.2) is 0 Å². The fraction of sp³-hybridized carbons (Fsp3) is 0.143. The van der Waals surface area contributed by atoms with Gasteiger partial charge in [0, 0.05) is 19.8 Å². The van der Waals surface area contributed by atoms with E-state index in [1.54, 1.807) is 6.20 Å². The van der Waals surface area contributed by atoms with Gasteiger partial charge in [0.15, 0.2) is 6.29 Å². The molecule has 0 bridgehead atoms. The molecule has 11 heavy (non-hydrogen) atoms. The summed E-state index contributed by atoms with van der Waals surface area (Å²) >= 11 is 4.33. The summed E-state index contributed by atoms with van der Waals surface area (Å²) in [6, 6.07) is 1.83. The van der Waals surface area contributed by atoms with Crippen LogP contribution in [0.3, 0.4) is 0 Å². The number of carbonyl (C=O) groups excluding carboxylic acids is 1. The molecule has 58 valence electrons. The topological polar surface area (TPSA) is 30.0 Å². The molecule has 1 aromatic heterocycles. The number of aromatic nitrogens is 1. The number of carbonyl (C=O) groups is 1. The lowest BCUT2D eigenvalue weighted by atomic mass is 10.2. The van der Waals surface area contributed by atoms with Crippen LogP contribution in [0.5, 0.6) is 0 Å². The van der Waals surface area contributed by atoms with Crippen LogP contribution in [0.15, 0.2) is 12.3 Å². The lowest BCUT2D eigenvalue weighted by Gasteiger charge is -1.99. The standard InChI is InChI=1S/C7H5I2NO/c8-3-7-5(4-11)6(9)1-2-10-7/h1-2,4H,3H2. The number of nitrogens with zero attached hydrogens (tertiary/aromatic N) is 1. The Morgan fingerprint density at radius 3 is 2.82 bits per heavy atom. The van der Waals surface area contributed by atoms with Crippen LogP contribution >= 0.6 is 45.2 Å². The van der Waals surface area contributed by atoms with Crippen LogP contribution in [0, 0.1) is 3.57 Å². The Hall–Kier alpha value is 0.280. The van der Waals surface area contributed by atoms with Gasteiger partial charge in [-0.1, -0.05) is 22.6 Å². The Morgan fingerprint density at radius 2 is 2.36 bits per heavy atom. The molecule has 2 nitrogen and oxygen atoms in total. The number of alkyl halides is 1. The number of hydrogen-bond donors (Lipinski definition) is 0. The maximum absolute atomic E-state index is 10.6. The van der Waals surface area contributed by atoms with E-state index in [1.807, 2.05) is 6.07 Å². The number of hydrogen-bond acceptors (Lipinski definition) is 2. The largest absolute Gasteiger partial charge is 0.298 e. The number of aldehydes is 1. The van der Waals surface area contributed by atoms with Gasteiger partial charge in [0.25, 0.3) is 0 Å². The van der Waals surface area contributed by atoms with E-state index in [1.165, 1.54) is 0 Å². The summed E-state index contributed by atoms with van der Waals surface area (Å²) in [6.07, 6.45) is 2.59. The SMILES string of the molecule is O=Cc1c(I)ccnc1CI. The Kier molecular flexibility index (Phi) is 3.70. The molecule has 0 N–H and O–H groups in total. The summed E-state index contributed by atoms with van der Waals surface area (Å²) in [5.41, 5.74) is 1.59. The van der Waals surface area contributed by atoms with E-state index in [0.717, 1.165) is 25.5 Å². The number of pyridine rings is 1. The van der Waals surface area contributed by atoms with Gasteiger partial charge in [-0.15, -0.1) is 0 Å². The Bertz CT molecular complexity index is 275. The molecule has 0 spiro atoms. The summed E-state index contributed by atoms with van der Waals surface area (Å²) in [4.78, 5) is 14.6. The minimum absolute atomic E-state index is 0.725. The van der Waals surface area contributed by atoms with Gasteiger partial charge >= 0.3 is 0 Å². The predicted molar refractivity (Wildman–Crippen MR) is 60.1 cm³/mol. The second kappa shape index (κ2) is 4.34. The van der Waals surface area contributed by atoms with Crippen molar-refractivity contribution in [1.29, 1.82) is 0 Å². The first kappa shape index (κ1) is 9.37. The molecule has 0 aliphatic carbocycles. The molecule has 0 saturated carbocycles. The molecule has 1 aromatic rings. The maximum atomic E-state index is 10.6. The predicted octanol–water partition coefficient (Wildman–Crippen LogP) is 2.43. The van der Waals surface area contributed by atoms with E-state index in [2.05, 4.69) is 50.2 Å².